The molecule has 0 saturated heterocycles. The van der Waals surface area contributed by atoms with Crippen molar-refractivity contribution in [2.45, 2.75) is 5.41 Å². The number of nitrogens with zero attached hydrogens (tertiary/aromatic N) is 3. The Bertz CT molecular complexity index is 3590. The summed E-state index contributed by atoms with van der Waals surface area (Å²) in [6.07, 6.45) is 1.83. The molecule has 302 valence electrons. The third-order valence-electron chi connectivity index (χ3n) is 13.6. The molecule has 0 radical (unpaired) electrons. The van der Waals surface area contributed by atoms with E-state index in [2.05, 4.69) is 217 Å². The summed E-state index contributed by atoms with van der Waals surface area (Å²) in [5, 5.41) is 2.47. The van der Waals surface area contributed by atoms with Crippen LogP contribution < -0.4 is 0 Å². The fourth-order valence-electron chi connectivity index (χ4n) is 10.7. The largest absolute Gasteiger partial charge is 0.256 e. The van der Waals surface area contributed by atoms with Gasteiger partial charge in [-0.1, -0.05) is 206 Å². The van der Waals surface area contributed by atoms with Crippen LogP contribution in [-0.2, 0) is 5.41 Å². The molecule has 65 heavy (non-hydrogen) atoms. The third kappa shape index (κ3) is 5.79. The van der Waals surface area contributed by atoms with E-state index >= 15 is 0 Å². The molecule has 0 bridgehead atoms. The number of benzene rings is 9. The van der Waals surface area contributed by atoms with Crippen molar-refractivity contribution in [3.63, 3.8) is 0 Å². The highest BCUT2D eigenvalue weighted by atomic mass is 14.9. The molecule has 0 aliphatic heterocycles. The van der Waals surface area contributed by atoms with E-state index in [-0.39, 0.29) is 0 Å². The average Bonchev–Trinajstić information content (AvgIpc) is 3.63. The lowest BCUT2D eigenvalue weighted by molar-refractivity contribution is 0.775. The van der Waals surface area contributed by atoms with Crippen molar-refractivity contribution < 1.29 is 0 Å². The molecule has 0 atom stereocenters. The Labute approximate surface area is 378 Å². The van der Waals surface area contributed by atoms with Gasteiger partial charge in [0.1, 0.15) is 0 Å². The lowest BCUT2D eigenvalue weighted by Crippen LogP contribution is -2.29. The van der Waals surface area contributed by atoms with Gasteiger partial charge < -0.3 is 0 Å². The van der Waals surface area contributed by atoms with Crippen molar-refractivity contribution in [2.75, 3.05) is 0 Å². The van der Waals surface area contributed by atoms with Crippen LogP contribution in [0.3, 0.4) is 0 Å². The minimum Gasteiger partial charge on any atom is -0.256 e. The first-order valence-electron chi connectivity index (χ1n) is 22.3. The zero-order valence-corrected chi connectivity index (χ0v) is 35.4. The summed E-state index contributed by atoms with van der Waals surface area (Å²) in [4.78, 5) is 15.4. The van der Waals surface area contributed by atoms with E-state index in [1.165, 1.54) is 77.5 Å². The molecule has 2 heterocycles. The Morgan fingerprint density at radius 2 is 0.738 bits per heavy atom. The van der Waals surface area contributed by atoms with Gasteiger partial charge in [0.2, 0.25) is 0 Å². The predicted octanol–water partition coefficient (Wildman–Crippen LogP) is 15.4. The highest BCUT2D eigenvalue weighted by Crippen LogP contribution is 2.61. The standard InChI is InChI=1S/C62H39N3/c1-2-16-46-40(14-1)15-13-22-47(46)41-27-29-43(30-28-41)59-39-60(65-61(64-59)44-33-31-42(32-34-44)58-26-11-12-37-63-58)45-35-36-53-49-18-4-3-17-48(49)50-19-5-8-23-54(50)62(57(53)38-45)55-24-9-6-20-51(55)52-21-7-10-25-56(52)62/h1-39H. The molecule has 0 unspecified atom stereocenters. The van der Waals surface area contributed by atoms with E-state index in [9.17, 15) is 0 Å². The van der Waals surface area contributed by atoms with Crippen molar-refractivity contribution in [2.24, 2.45) is 0 Å². The molecule has 0 fully saturated rings. The van der Waals surface area contributed by atoms with Gasteiger partial charge in [0.05, 0.1) is 22.5 Å². The first-order valence-corrected chi connectivity index (χ1v) is 22.3. The molecule has 1 spiro atoms. The molecule has 2 aliphatic carbocycles. The van der Waals surface area contributed by atoms with Crippen molar-refractivity contribution in [1.82, 2.24) is 15.0 Å². The topological polar surface area (TPSA) is 38.7 Å². The van der Waals surface area contributed by atoms with E-state index in [1.807, 2.05) is 24.4 Å². The Hall–Kier alpha value is -8.53. The summed E-state index contributed by atoms with van der Waals surface area (Å²) in [5.74, 6) is 0.667. The first kappa shape index (κ1) is 37.1. The molecule has 2 aromatic heterocycles. The Morgan fingerprint density at radius 3 is 1.38 bits per heavy atom. The van der Waals surface area contributed by atoms with Crippen molar-refractivity contribution in [3.8, 4) is 89.7 Å². The summed E-state index contributed by atoms with van der Waals surface area (Å²) < 4.78 is 0. The molecule has 0 N–H and O–H groups in total. The highest BCUT2D eigenvalue weighted by Gasteiger charge is 2.49. The zero-order valence-electron chi connectivity index (χ0n) is 35.4. The molecule has 11 aromatic rings. The van der Waals surface area contributed by atoms with Gasteiger partial charge in [-0.25, -0.2) is 9.97 Å². The Balaban J connectivity index is 1.04. The van der Waals surface area contributed by atoms with Crippen LogP contribution in [0, 0.1) is 0 Å². The van der Waals surface area contributed by atoms with E-state index in [0.717, 1.165) is 39.3 Å². The van der Waals surface area contributed by atoms with E-state index < -0.39 is 5.41 Å². The minimum atomic E-state index is -0.592. The van der Waals surface area contributed by atoms with E-state index in [1.54, 1.807) is 0 Å². The van der Waals surface area contributed by atoms with Gasteiger partial charge in [-0.15, -0.1) is 0 Å². The third-order valence-corrected chi connectivity index (χ3v) is 13.6. The maximum Gasteiger partial charge on any atom is 0.160 e. The van der Waals surface area contributed by atoms with Crippen molar-refractivity contribution in [1.29, 1.82) is 0 Å². The molecule has 0 amide bonds. The molecule has 9 aromatic carbocycles. The highest BCUT2D eigenvalue weighted by molar-refractivity contribution is 5.99. The maximum absolute atomic E-state index is 5.44. The Kier molecular flexibility index (Phi) is 8.44. The van der Waals surface area contributed by atoms with Gasteiger partial charge in [-0.3, -0.25) is 4.98 Å². The van der Waals surface area contributed by atoms with Crippen LogP contribution in [0.1, 0.15) is 22.3 Å². The van der Waals surface area contributed by atoms with Gasteiger partial charge >= 0.3 is 0 Å². The lowest BCUT2D eigenvalue weighted by Gasteiger charge is -2.35. The second-order valence-electron chi connectivity index (χ2n) is 17.1. The van der Waals surface area contributed by atoms with Gasteiger partial charge in [-0.2, -0.15) is 0 Å². The Morgan fingerprint density at radius 1 is 0.277 bits per heavy atom. The van der Waals surface area contributed by atoms with Crippen LogP contribution in [0.2, 0.25) is 0 Å². The van der Waals surface area contributed by atoms with Crippen LogP contribution in [0.15, 0.2) is 237 Å². The van der Waals surface area contributed by atoms with Crippen molar-refractivity contribution >= 4 is 10.8 Å². The fraction of sp³-hybridized carbons (Fsp3) is 0.0161. The van der Waals surface area contributed by atoms with Gasteiger partial charge in [0, 0.05) is 28.5 Å². The van der Waals surface area contributed by atoms with Crippen LogP contribution in [0.25, 0.3) is 100 Å². The summed E-state index contributed by atoms with van der Waals surface area (Å²) in [6, 6.07) is 83.5. The molecule has 3 nitrogen and oxygen atoms in total. The number of hydrogen-bond donors (Lipinski definition) is 0. The van der Waals surface area contributed by atoms with Crippen LogP contribution >= 0.6 is 0 Å². The van der Waals surface area contributed by atoms with Crippen LogP contribution in [0.5, 0.6) is 0 Å². The summed E-state index contributed by atoms with van der Waals surface area (Å²) in [6.45, 7) is 0. The normalized spacial score (nSPS) is 12.7. The summed E-state index contributed by atoms with van der Waals surface area (Å²) in [7, 11) is 0. The quantitative estimate of drug-likeness (QED) is 0.173. The fourth-order valence-corrected chi connectivity index (χ4v) is 10.7. The summed E-state index contributed by atoms with van der Waals surface area (Å²) >= 11 is 0. The number of aromatic nitrogens is 3. The van der Waals surface area contributed by atoms with Gasteiger partial charge in [0.25, 0.3) is 0 Å². The molecular weight excluding hydrogens is 787 g/mol. The van der Waals surface area contributed by atoms with Crippen LogP contribution in [0.4, 0.5) is 0 Å². The zero-order chi connectivity index (χ0) is 42.9. The van der Waals surface area contributed by atoms with Crippen molar-refractivity contribution in [3.05, 3.63) is 259 Å². The number of hydrogen-bond acceptors (Lipinski definition) is 3. The maximum atomic E-state index is 5.44. The monoisotopic (exact) mass is 825 g/mol. The predicted molar refractivity (Wildman–Crippen MR) is 266 cm³/mol. The lowest BCUT2D eigenvalue weighted by atomic mass is 9.65. The van der Waals surface area contributed by atoms with E-state index in [0.29, 0.717) is 5.82 Å². The molecular formula is C62H39N3. The second kappa shape index (κ2) is 14.8. The average molecular weight is 826 g/mol. The van der Waals surface area contributed by atoms with Gasteiger partial charge in [0.15, 0.2) is 5.82 Å². The minimum absolute atomic E-state index is 0.592. The second-order valence-corrected chi connectivity index (χ2v) is 17.1. The summed E-state index contributed by atoms with van der Waals surface area (Å²) in [5.41, 5.74) is 21.1. The van der Waals surface area contributed by atoms with E-state index in [4.69, 9.17) is 9.97 Å². The smallest absolute Gasteiger partial charge is 0.160 e. The first-order chi connectivity index (χ1) is 32.2. The van der Waals surface area contributed by atoms with Crippen LogP contribution in [-0.4, -0.2) is 15.0 Å². The van der Waals surface area contributed by atoms with Gasteiger partial charge in [-0.05, 0) is 102 Å². The molecule has 3 heteroatoms. The number of pyridine rings is 1. The SMILES string of the molecule is c1ccc(-c2ccc(-c3nc(-c4ccc(-c5cccc6ccccc56)cc4)cc(-c4ccc5c(c4)C4(c6ccccc6-c6ccccc6-5)c5ccccc5-c5ccccc54)n3)cc2)nc1. The molecule has 2 aliphatic rings. The molecule has 13 rings (SSSR count). The number of fused-ring (bicyclic) bond motifs is 13. The molecule has 0 saturated carbocycles. The number of rotatable bonds is 5.